The van der Waals surface area contributed by atoms with Gasteiger partial charge >= 0.3 is 10.2 Å². The van der Waals surface area contributed by atoms with Crippen LogP contribution in [0.25, 0.3) is 0 Å². The number of phenolic OH excluding ortho intramolecular Hbond substituents is 1. The number of aryl methyl sites for hydroxylation is 1. The molecule has 120 valence electrons. The third kappa shape index (κ3) is 3.09. The van der Waals surface area contributed by atoms with Gasteiger partial charge in [-0.2, -0.15) is 8.42 Å². The van der Waals surface area contributed by atoms with Crippen molar-refractivity contribution in [2.75, 3.05) is 4.31 Å². The molecule has 0 unspecified atom stereocenters. The molecule has 0 fully saturated rings. The van der Waals surface area contributed by atoms with E-state index in [9.17, 15) is 18.6 Å². The van der Waals surface area contributed by atoms with E-state index in [0.717, 1.165) is 21.6 Å². The van der Waals surface area contributed by atoms with Crippen LogP contribution in [-0.2, 0) is 16.6 Å². The number of benzene rings is 2. The number of nitrogens with one attached hydrogen (secondary N) is 1. The van der Waals surface area contributed by atoms with E-state index in [4.69, 9.17) is 0 Å². The Morgan fingerprint density at radius 2 is 1.70 bits per heavy atom. The van der Waals surface area contributed by atoms with E-state index in [1.165, 1.54) is 17.7 Å². The molecule has 1 aliphatic heterocycles. The maximum atomic E-state index is 11.8. The van der Waals surface area contributed by atoms with Crippen molar-refractivity contribution in [1.82, 2.24) is 4.72 Å². The van der Waals surface area contributed by atoms with Gasteiger partial charge in [-0.1, -0.05) is 35.9 Å². The number of hydrogen-bond donors (Lipinski definition) is 3. The van der Waals surface area contributed by atoms with Crippen LogP contribution in [0.1, 0.15) is 16.7 Å². The molecule has 2 aromatic carbocycles. The molecule has 1 heterocycles. The van der Waals surface area contributed by atoms with Crippen molar-refractivity contribution in [2.45, 2.75) is 13.3 Å². The minimum absolute atomic E-state index is 0.0780. The second-order valence-electron chi connectivity index (χ2n) is 5.40. The minimum atomic E-state index is -3.91. The zero-order chi connectivity index (χ0) is 16.6. The van der Waals surface area contributed by atoms with Crippen LogP contribution in [0.5, 0.6) is 5.75 Å². The lowest BCUT2D eigenvalue weighted by molar-refractivity contribution is 0.392. The highest BCUT2D eigenvalue weighted by Gasteiger charge is 2.30. The molecule has 1 aliphatic rings. The smallest absolute Gasteiger partial charge is 0.330 e. The lowest BCUT2D eigenvalue weighted by Gasteiger charge is -2.16. The third-order valence-electron chi connectivity index (χ3n) is 3.54. The molecule has 2 aromatic rings. The second-order valence-corrected chi connectivity index (χ2v) is 6.95. The summed E-state index contributed by atoms with van der Waals surface area (Å²) in [6, 6.07) is 12.8. The van der Waals surface area contributed by atoms with Crippen molar-refractivity contribution >= 4 is 15.9 Å². The molecule has 0 amide bonds. The van der Waals surface area contributed by atoms with Crippen LogP contribution >= 0.6 is 0 Å². The minimum Gasteiger partial charge on any atom is -0.506 e. The van der Waals surface area contributed by atoms with E-state index in [0.29, 0.717) is 6.42 Å². The van der Waals surface area contributed by atoms with Gasteiger partial charge in [-0.15, -0.1) is 0 Å². The van der Waals surface area contributed by atoms with E-state index >= 15 is 0 Å². The summed E-state index contributed by atoms with van der Waals surface area (Å²) in [5, 5.41) is 19.5. The molecule has 7 heteroatoms. The van der Waals surface area contributed by atoms with E-state index in [-0.39, 0.29) is 11.4 Å². The van der Waals surface area contributed by atoms with Crippen molar-refractivity contribution < 1.29 is 18.6 Å². The first-order chi connectivity index (χ1) is 10.8. The predicted octanol–water partition coefficient (Wildman–Crippen LogP) is 2.30. The number of aliphatic hydroxyl groups excluding tert-OH is 1. The number of aliphatic hydroxyl groups is 1. The van der Waals surface area contributed by atoms with E-state index in [1.54, 1.807) is 6.07 Å². The molecule has 23 heavy (non-hydrogen) atoms. The van der Waals surface area contributed by atoms with Gasteiger partial charge in [-0.25, -0.2) is 9.03 Å². The molecule has 0 aromatic heterocycles. The molecule has 0 saturated carbocycles. The van der Waals surface area contributed by atoms with Crippen LogP contribution in [0, 0.1) is 6.92 Å². The number of rotatable bonds is 3. The second kappa shape index (κ2) is 5.51. The van der Waals surface area contributed by atoms with Crippen LogP contribution < -0.4 is 9.03 Å². The fourth-order valence-electron chi connectivity index (χ4n) is 2.39. The summed E-state index contributed by atoms with van der Waals surface area (Å²) in [6.07, 6.45) is 1.63. The van der Waals surface area contributed by atoms with Gasteiger partial charge in [0.25, 0.3) is 0 Å². The topological polar surface area (TPSA) is 89.9 Å². The molecule has 6 nitrogen and oxygen atoms in total. The standard InChI is InChI=1S/C16H16N2O4S/c1-11-2-4-12(5-3-11)8-13-6-7-14(15(19)9-13)18-10-16(20)17-23(18,21)22/h2-7,9-10,17,19-20H,8H2,1H3. The first-order valence-corrected chi connectivity index (χ1v) is 8.39. The Balaban J connectivity index is 1.88. The number of hydrogen-bond acceptors (Lipinski definition) is 4. The Hall–Kier alpha value is -2.67. The van der Waals surface area contributed by atoms with Gasteiger partial charge in [-0.3, -0.25) is 0 Å². The van der Waals surface area contributed by atoms with Crippen LogP contribution in [0.2, 0.25) is 0 Å². The summed E-state index contributed by atoms with van der Waals surface area (Å²) in [5.41, 5.74) is 3.20. The van der Waals surface area contributed by atoms with Crippen molar-refractivity contribution in [3.8, 4) is 5.75 Å². The SMILES string of the molecule is Cc1ccc(Cc2ccc(N3C=C(O)NS3(=O)=O)c(O)c2)cc1. The number of phenols is 1. The zero-order valence-electron chi connectivity index (χ0n) is 12.4. The lowest BCUT2D eigenvalue weighted by atomic mass is 10.0. The summed E-state index contributed by atoms with van der Waals surface area (Å²) < 4.78 is 26.4. The van der Waals surface area contributed by atoms with Gasteiger partial charge in [0.05, 0.1) is 6.20 Å². The van der Waals surface area contributed by atoms with E-state index < -0.39 is 16.1 Å². The molecule has 3 N–H and O–H groups in total. The van der Waals surface area contributed by atoms with Gasteiger partial charge in [0.15, 0.2) is 0 Å². The van der Waals surface area contributed by atoms with E-state index in [1.807, 2.05) is 35.9 Å². The quantitative estimate of drug-likeness (QED) is 0.804. The first-order valence-electron chi connectivity index (χ1n) is 6.95. The Morgan fingerprint density at radius 3 is 2.26 bits per heavy atom. The molecule has 0 radical (unpaired) electrons. The largest absolute Gasteiger partial charge is 0.506 e. The highest BCUT2D eigenvalue weighted by atomic mass is 32.2. The Morgan fingerprint density at radius 1 is 1.04 bits per heavy atom. The molecule has 0 aliphatic carbocycles. The molecule has 0 spiro atoms. The summed E-state index contributed by atoms with van der Waals surface area (Å²) in [5.74, 6) is -0.668. The Bertz CT molecular complexity index is 873. The average molecular weight is 332 g/mol. The molecule has 0 bridgehead atoms. The normalized spacial score (nSPS) is 16.0. The lowest BCUT2D eigenvalue weighted by Crippen LogP contribution is -2.29. The summed E-state index contributed by atoms with van der Waals surface area (Å²) in [6.45, 7) is 2.01. The molecular weight excluding hydrogens is 316 g/mol. The van der Waals surface area contributed by atoms with E-state index in [2.05, 4.69) is 0 Å². The number of nitrogens with zero attached hydrogens (tertiary/aromatic N) is 1. The van der Waals surface area contributed by atoms with Gasteiger partial charge in [0.1, 0.15) is 11.4 Å². The van der Waals surface area contributed by atoms with Crippen molar-refractivity contribution in [1.29, 1.82) is 0 Å². The third-order valence-corrected chi connectivity index (χ3v) is 4.83. The van der Waals surface area contributed by atoms with Crippen molar-refractivity contribution in [2.24, 2.45) is 0 Å². The Kier molecular flexibility index (Phi) is 3.65. The highest BCUT2D eigenvalue weighted by Crippen LogP contribution is 2.32. The zero-order valence-corrected chi connectivity index (χ0v) is 13.2. The molecule has 0 saturated heterocycles. The summed E-state index contributed by atoms with van der Waals surface area (Å²) in [7, 11) is -3.91. The fourth-order valence-corrected chi connectivity index (χ4v) is 3.46. The summed E-state index contributed by atoms with van der Waals surface area (Å²) >= 11 is 0. The predicted molar refractivity (Wildman–Crippen MR) is 87.3 cm³/mol. The monoisotopic (exact) mass is 332 g/mol. The van der Waals surface area contributed by atoms with Gasteiger partial charge in [-0.05, 0) is 36.6 Å². The first kappa shape index (κ1) is 15.2. The summed E-state index contributed by atoms with van der Waals surface area (Å²) in [4.78, 5) is 0. The number of aromatic hydroxyl groups is 1. The molecule has 3 rings (SSSR count). The fraction of sp³-hybridized carbons (Fsp3) is 0.125. The van der Waals surface area contributed by atoms with Crippen LogP contribution in [-0.4, -0.2) is 18.6 Å². The van der Waals surface area contributed by atoms with Crippen LogP contribution in [0.15, 0.2) is 54.5 Å². The molecule has 0 atom stereocenters. The van der Waals surface area contributed by atoms with Crippen molar-refractivity contribution in [3.63, 3.8) is 0 Å². The van der Waals surface area contributed by atoms with Gasteiger partial charge < -0.3 is 10.2 Å². The van der Waals surface area contributed by atoms with Crippen LogP contribution in [0.3, 0.4) is 0 Å². The van der Waals surface area contributed by atoms with Gasteiger partial charge in [0, 0.05) is 0 Å². The van der Waals surface area contributed by atoms with Crippen LogP contribution in [0.4, 0.5) is 5.69 Å². The average Bonchev–Trinajstić information content (AvgIpc) is 2.74. The highest BCUT2D eigenvalue weighted by molar-refractivity contribution is 7.91. The van der Waals surface area contributed by atoms with Crippen molar-refractivity contribution in [3.05, 3.63) is 71.2 Å². The Labute approximate surface area is 134 Å². The maximum absolute atomic E-state index is 11.8. The maximum Gasteiger partial charge on any atom is 0.330 e. The molecular formula is C16H16N2O4S. The number of anilines is 1. The van der Waals surface area contributed by atoms with Gasteiger partial charge in [0.2, 0.25) is 5.88 Å².